The van der Waals surface area contributed by atoms with Gasteiger partial charge in [0.05, 0.1) is 13.2 Å². The summed E-state index contributed by atoms with van der Waals surface area (Å²) in [5.41, 5.74) is 2.31. The average Bonchev–Trinajstić information content (AvgIpc) is 2.88. The minimum Gasteiger partial charge on any atom is -0.497 e. The number of hydrogen-bond donors (Lipinski definition) is 1. The molecule has 24 heavy (non-hydrogen) atoms. The largest absolute Gasteiger partial charge is 0.497 e. The Labute approximate surface area is 144 Å². The molecule has 0 spiro atoms. The van der Waals surface area contributed by atoms with Crippen LogP contribution >= 0.6 is 0 Å². The summed E-state index contributed by atoms with van der Waals surface area (Å²) in [5, 5.41) is 10.6. The summed E-state index contributed by atoms with van der Waals surface area (Å²) in [6.45, 7) is 1.72. The van der Waals surface area contributed by atoms with E-state index in [0.29, 0.717) is 12.6 Å². The molecule has 1 N–H and O–H groups in total. The molecule has 0 bridgehead atoms. The van der Waals surface area contributed by atoms with Gasteiger partial charge in [0.2, 0.25) is 0 Å². The highest BCUT2D eigenvalue weighted by molar-refractivity contribution is 5.29. The highest BCUT2D eigenvalue weighted by Gasteiger charge is 2.25. The standard InChI is InChI=1S/C21H27NO2/c1-24-19-13-11-17(12-14-19)20-10-6-3-7-15-22(20)16-21(23)18-8-4-2-5-9-18/h2,4-5,8-9,11-14,20-21,23H,3,6-7,10,15-16H2,1H3. The number of likely N-dealkylation sites (tertiary alicyclic amines) is 1. The maximum Gasteiger partial charge on any atom is 0.118 e. The molecule has 2 aromatic carbocycles. The summed E-state index contributed by atoms with van der Waals surface area (Å²) in [7, 11) is 1.70. The summed E-state index contributed by atoms with van der Waals surface area (Å²) in [6, 6.07) is 18.7. The van der Waals surface area contributed by atoms with Gasteiger partial charge in [-0.05, 0) is 42.6 Å². The van der Waals surface area contributed by atoms with E-state index in [-0.39, 0.29) is 0 Å². The fraction of sp³-hybridized carbons (Fsp3) is 0.429. The fourth-order valence-corrected chi connectivity index (χ4v) is 3.59. The van der Waals surface area contributed by atoms with Crippen molar-refractivity contribution >= 4 is 0 Å². The Hall–Kier alpha value is -1.84. The number of benzene rings is 2. The highest BCUT2D eigenvalue weighted by atomic mass is 16.5. The van der Waals surface area contributed by atoms with E-state index in [0.717, 1.165) is 24.3 Å². The third kappa shape index (κ3) is 4.16. The molecule has 3 heteroatoms. The van der Waals surface area contributed by atoms with E-state index in [2.05, 4.69) is 17.0 Å². The molecular weight excluding hydrogens is 298 g/mol. The Kier molecular flexibility index (Phi) is 5.89. The lowest BCUT2D eigenvalue weighted by Crippen LogP contribution is -2.32. The number of ether oxygens (including phenoxy) is 1. The fourth-order valence-electron chi connectivity index (χ4n) is 3.59. The van der Waals surface area contributed by atoms with Crippen LogP contribution in [0.2, 0.25) is 0 Å². The number of aliphatic hydroxyl groups is 1. The van der Waals surface area contributed by atoms with Gasteiger partial charge >= 0.3 is 0 Å². The molecule has 1 heterocycles. The highest BCUT2D eigenvalue weighted by Crippen LogP contribution is 2.32. The molecule has 3 nitrogen and oxygen atoms in total. The van der Waals surface area contributed by atoms with Gasteiger partial charge in [-0.15, -0.1) is 0 Å². The molecule has 0 aromatic heterocycles. The van der Waals surface area contributed by atoms with Gasteiger partial charge in [0, 0.05) is 12.6 Å². The van der Waals surface area contributed by atoms with Crippen LogP contribution in [0.5, 0.6) is 5.75 Å². The van der Waals surface area contributed by atoms with Gasteiger partial charge in [0.15, 0.2) is 0 Å². The van der Waals surface area contributed by atoms with Crippen LogP contribution in [-0.4, -0.2) is 30.2 Å². The first kappa shape index (κ1) is 17.0. The third-order valence-corrected chi connectivity index (χ3v) is 4.96. The van der Waals surface area contributed by atoms with Crippen LogP contribution in [0.15, 0.2) is 54.6 Å². The van der Waals surface area contributed by atoms with Gasteiger partial charge in [0.1, 0.15) is 5.75 Å². The zero-order chi connectivity index (χ0) is 16.8. The van der Waals surface area contributed by atoms with Crippen LogP contribution in [0.4, 0.5) is 0 Å². The Morgan fingerprint density at radius 2 is 1.79 bits per heavy atom. The van der Waals surface area contributed by atoms with Gasteiger partial charge in [-0.2, -0.15) is 0 Å². The molecule has 0 radical (unpaired) electrons. The minimum absolute atomic E-state index is 0.372. The Morgan fingerprint density at radius 1 is 1.04 bits per heavy atom. The monoisotopic (exact) mass is 325 g/mol. The SMILES string of the molecule is COc1ccc(C2CCCCCN2CC(O)c2ccccc2)cc1. The normalized spacial score (nSPS) is 20.3. The van der Waals surface area contributed by atoms with Crippen molar-refractivity contribution in [2.45, 2.75) is 37.8 Å². The molecule has 2 aromatic rings. The van der Waals surface area contributed by atoms with E-state index in [9.17, 15) is 5.11 Å². The number of β-amino-alcohol motifs (C(OH)–C–C–N with tert-alkyl or cyclic N) is 1. The summed E-state index contributed by atoms with van der Waals surface area (Å²) < 4.78 is 5.28. The zero-order valence-electron chi connectivity index (χ0n) is 14.4. The molecule has 1 aliphatic rings. The van der Waals surface area contributed by atoms with Crippen molar-refractivity contribution in [1.82, 2.24) is 4.90 Å². The van der Waals surface area contributed by atoms with Crippen molar-refractivity contribution in [1.29, 1.82) is 0 Å². The Bertz CT molecular complexity index is 611. The second kappa shape index (κ2) is 8.32. The second-order valence-electron chi connectivity index (χ2n) is 6.56. The molecule has 2 atom stereocenters. The summed E-state index contributed by atoms with van der Waals surface area (Å²) in [5.74, 6) is 0.892. The lowest BCUT2D eigenvalue weighted by Gasteiger charge is -2.32. The molecular formula is C21H27NO2. The lowest BCUT2D eigenvalue weighted by atomic mass is 9.99. The van der Waals surface area contributed by atoms with Crippen molar-refractivity contribution in [3.05, 3.63) is 65.7 Å². The number of nitrogens with zero attached hydrogens (tertiary/aromatic N) is 1. The first-order valence-corrected chi connectivity index (χ1v) is 8.89. The molecule has 1 saturated heterocycles. The Balaban J connectivity index is 1.76. The summed E-state index contributed by atoms with van der Waals surface area (Å²) >= 11 is 0. The van der Waals surface area contributed by atoms with Crippen molar-refractivity contribution in [2.75, 3.05) is 20.2 Å². The molecule has 0 saturated carbocycles. The van der Waals surface area contributed by atoms with E-state index in [1.165, 1.54) is 24.8 Å². The molecule has 128 valence electrons. The topological polar surface area (TPSA) is 32.7 Å². The maximum atomic E-state index is 10.6. The average molecular weight is 325 g/mol. The van der Waals surface area contributed by atoms with Crippen LogP contribution in [0, 0.1) is 0 Å². The van der Waals surface area contributed by atoms with Crippen LogP contribution < -0.4 is 4.74 Å². The number of rotatable bonds is 5. The maximum absolute atomic E-state index is 10.6. The van der Waals surface area contributed by atoms with E-state index >= 15 is 0 Å². The smallest absolute Gasteiger partial charge is 0.118 e. The van der Waals surface area contributed by atoms with E-state index in [1.807, 2.05) is 42.5 Å². The van der Waals surface area contributed by atoms with Gasteiger partial charge in [0.25, 0.3) is 0 Å². The Morgan fingerprint density at radius 3 is 2.50 bits per heavy atom. The van der Waals surface area contributed by atoms with Gasteiger partial charge in [-0.1, -0.05) is 55.3 Å². The van der Waals surface area contributed by atoms with E-state index in [1.54, 1.807) is 7.11 Å². The third-order valence-electron chi connectivity index (χ3n) is 4.96. The van der Waals surface area contributed by atoms with Crippen molar-refractivity contribution in [3.63, 3.8) is 0 Å². The molecule has 0 amide bonds. The van der Waals surface area contributed by atoms with Gasteiger partial charge < -0.3 is 9.84 Å². The molecule has 1 fully saturated rings. The summed E-state index contributed by atoms with van der Waals surface area (Å²) in [4.78, 5) is 2.45. The zero-order valence-corrected chi connectivity index (χ0v) is 14.4. The minimum atomic E-state index is -0.440. The quantitative estimate of drug-likeness (QED) is 0.887. The van der Waals surface area contributed by atoms with Gasteiger partial charge in [-0.25, -0.2) is 0 Å². The van der Waals surface area contributed by atoms with Crippen LogP contribution in [0.25, 0.3) is 0 Å². The predicted octanol–water partition coefficient (Wildman–Crippen LogP) is 4.35. The first-order chi connectivity index (χ1) is 11.8. The molecule has 1 aliphatic heterocycles. The predicted molar refractivity (Wildman–Crippen MR) is 97.2 cm³/mol. The number of hydrogen-bond acceptors (Lipinski definition) is 3. The van der Waals surface area contributed by atoms with Crippen molar-refractivity contribution in [3.8, 4) is 5.75 Å². The molecule has 3 rings (SSSR count). The van der Waals surface area contributed by atoms with E-state index < -0.39 is 6.10 Å². The number of aliphatic hydroxyl groups excluding tert-OH is 1. The second-order valence-corrected chi connectivity index (χ2v) is 6.56. The lowest BCUT2D eigenvalue weighted by molar-refractivity contribution is 0.0877. The van der Waals surface area contributed by atoms with Gasteiger partial charge in [-0.3, -0.25) is 4.90 Å². The van der Waals surface area contributed by atoms with Crippen molar-refractivity contribution < 1.29 is 9.84 Å². The van der Waals surface area contributed by atoms with E-state index in [4.69, 9.17) is 4.74 Å². The number of methoxy groups -OCH3 is 1. The molecule has 0 aliphatic carbocycles. The van der Waals surface area contributed by atoms with Crippen LogP contribution in [0.1, 0.15) is 49.0 Å². The molecule has 2 unspecified atom stereocenters. The van der Waals surface area contributed by atoms with Crippen LogP contribution in [0.3, 0.4) is 0 Å². The van der Waals surface area contributed by atoms with Crippen LogP contribution in [-0.2, 0) is 0 Å². The summed E-state index contributed by atoms with van der Waals surface area (Å²) in [6.07, 6.45) is 4.42. The van der Waals surface area contributed by atoms with Crippen molar-refractivity contribution in [2.24, 2.45) is 0 Å². The first-order valence-electron chi connectivity index (χ1n) is 8.89.